The highest BCUT2D eigenvalue weighted by Crippen LogP contribution is 2.29. The van der Waals surface area contributed by atoms with Gasteiger partial charge in [-0.3, -0.25) is 0 Å². The van der Waals surface area contributed by atoms with Crippen LogP contribution in [0.15, 0.2) is 0 Å². The topological polar surface area (TPSA) is 30.5 Å². The van der Waals surface area contributed by atoms with Crippen LogP contribution in [-0.4, -0.2) is 31.1 Å². The van der Waals surface area contributed by atoms with E-state index in [9.17, 15) is 0 Å². The lowest BCUT2D eigenvalue weighted by atomic mass is 10.3. The zero-order valence-electron chi connectivity index (χ0n) is 6.39. The first-order valence-electron chi connectivity index (χ1n) is 3.74. The zero-order valence-corrected chi connectivity index (χ0v) is 6.39. The molecule has 2 rings (SSSR count). The standard InChI is InChI=1S/C7H13NO2/c1-7(2)9-5-3-8-4-6(5)10-7/h5-6,8H,3-4H2,1-2H3/t5-,6-/m0/s1. The summed E-state index contributed by atoms with van der Waals surface area (Å²) in [7, 11) is 0. The Hall–Kier alpha value is -0.120. The molecule has 1 N–H and O–H groups in total. The van der Waals surface area contributed by atoms with E-state index in [2.05, 4.69) is 5.32 Å². The summed E-state index contributed by atoms with van der Waals surface area (Å²) in [6.07, 6.45) is 0.574. The molecule has 58 valence electrons. The van der Waals surface area contributed by atoms with Crippen LogP contribution in [0.1, 0.15) is 13.8 Å². The predicted octanol–water partition coefficient (Wildman–Crippen LogP) is 0.110. The summed E-state index contributed by atoms with van der Waals surface area (Å²) < 4.78 is 11.2. The minimum atomic E-state index is -0.350. The average molecular weight is 143 g/mol. The van der Waals surface area contributed by atoms with Gasteiger partial charge in [0.05, 0.1) is 0 Å². The van der Waals surface area contributed by atoms with E-state index in [0.717, 1.165) is 13.1 Å². The van der Waals surface area contributed by atoms with Crippen LogP contribution in [0.3, 0.4) is 0 Å². The van der Waals surface area contributed by atoms with Gasteiger partial charge < -0.3 is 14.8 Å². The molecular formula is C7H13NO2. The van der Waals surface area contributed by atoms with Crippen molar-refractivity contribution in [1.82, 2.24) is 5.32 Å². The van der Waals surface area contributed by atoms with Crippen molar-refractivity contribution in [3.63, 3.8) is 0 Å². The van der Waals surface area contributed by atoms with Crippen molar-refractivity contribution in [2.75, 3.05) is 13.1 Å². The Morgan fingerprint density at radius 3 is 2.20 bits per heavy atom. The Kier molecular flexibility index (Phi) is 1.27. The van der Waals surface area contributed by atoms with Gasteiger partial charge >= 0.3 is 0 Å². The van der Waals surface area contributed by atoms with Crippen molar-refractivity contribution >= 4 is 0 Å². The fourth-order valence-electron chi connectivity index (χ4n) is 1.62. The van der Waals surface area contributed by atoms with Crippen LogP contribution in [0.2, 0.25) is 0 Å². The molecule has 0 saturated carbocycles. The lowest BCUT2D eigenvalue weighted by Gasteiger charge is -2.17. The van der Waals surface area contributed by atoms with Crippen LogP contribution in [0.25, 0.3) is 0 Å². The van der Waals surface area contributed by atoms with Gasteiger partial charge in [0.15, 0.2) is 5.79 Å². The summed E-state index contributed by atoms with van der Waals surface area (Å²) in [5.74, 6) is -0.350. The largest absolute Gasteiger partial charge is 0.343 e. The molecule has 0 spiro atoms. The third-order valence-electron chi connectivity index (χ3n) is 1.98. The third kappa shape index (κ3) is 0.944. The Labute approximate surface area is 60.7 Å². The second kappa shape index (κ2) is 1.94. The van der Waals surface area contributed by atoms with Crippen LogP contribution in [0.4, 0.5) is 0 Å². The van der Waals surface area contributed by atoms with Gasteiger partial charge in [0, 0.05) is 13.1 Å². The maximum absolute atomic E-state index is 5.59. The molecule has 10 heavy (non-hydrogen) atoms. The van der Waals surface area contributed by atoms with E-state index >= 15 is 0 Å². The molecule has 0 amide bonds. The van der Waals surface area contributed by atoms with E-state index in [0.29, 0.717) is 0 Å². The Balaban J connectivity index is 2.07. The van der Waals surface area contributed by atoms with Gasteiger partial charge in [0.2, 0.25) is 0 Å². The SMILES string of the molecule is CC1(C)O[C@H]2CNC[C@@H]2O1. The van der Waals surface area contributed by atoms with Crippen LogP contribution in [-0.2, 0) is 9.47 Å². The summed E-state index contributed by atoms with van der Waals surface area (Å²) in [4.78, 5) is 0. The molecular weight excluding hydrogens is 130 g/mol. The van der Waals surface area contributed by atoms with Gasteiger partial charge in [-0.1, -0.05) is 0 Å². The van der Waals surface area contributed by atoms with E-state index in [1.807, 2.05) is 13.8 Å². The normalized spacial score (nSPS) is 43.8. The van der Waals surface area contributed by atoms with Crippen molar-refractivity contribution in [2.45, 2.75) is 31.8 Å². The molecule has 2 atom stereocenters. The van der Waals surface area contributed by atoms with Crippen LogP contribution in [0, 0.1) is 0 Å². The number of nitrogens with one attached hydrogen (secondary N) is 1. The summed E-state index contributed by atoms with van der Waals surface area (Å²) >= 11 is 0. The molecule has 0 aliphatic carbocycles. The zero-order chi connectivity index (χ0) is 7.19. The van der Waals surface area contributed by atoms with E-state index in [1.165, 1.54) is 0 Å². The van der Waals surface area contributed by atoms with Gasteiger partial charge in [-0.2, -0.15) is 0 Å². The first-order valence-corrected chi connectivity index (χ1v) is 3.74. The molecule has 0 aromatic rings. The molecule has 0 aromatic carbocycles. The Morgan fingerprint density at radius 1 is 1.20 bits per heavy atom. The molecule has 2 aliphatic heterocycles. The maximum atomic E-state index is 5.59. The first kappa shape index (κ1) is 6.58. The smallest absolute Gasteiger partial charge is 0.163 e. The quantitative estimate of drug-likeness (QED) is 0.522. The minimum absolute atomic E-state index is 0.287. The van der Waals surface area contributed by atoms with E-state index < -0.39 is 0 Å². The molecule has 2 aliphatic rings. The van der Waals surface area contributed by atoms with Gasteiger partial charge in [-0.25, -0.2) is 0 Å². The Bertz CT molecular complexity index is 133. The highest BCUT2D eigenvalue weighted by Gasteiger charge is 2.43. The minimum Gasteiger partial charge on any atom is -0.343 e. The van der Waals surface area contributed by atoms with Gasteiger partial charge in [-0.05, 0) is 13.8 Å². The number of rotatable bonds is 0. The molecule has 0 radical (unpaired) electrons. The predicted molar refractivity (Wildman–Crippen MR) is 36.7 cm³/mol. The molecule has 0 aromatic heterocycles. The van der Waals surface area contributed by atoms with Crippen molar-refractivity contribution in [2.24, 2.45) is 0 Å². The van der Waals surface area contributed by atoms with E-state index in [-0.39, 0.29) is 18.0 Å². The van der Waals surface area contributed by atoms with Crippen LogP contribution >= 0.6 is 0 Å². The van der Waals surface area contributed by atoms with Gasteiger partial charge in [-0.15, -0.1) is 0 Å². The summed E-state index contributed by atoms with van der Waals surface area (Å²) in [6.45, 7) is 5.80. The summed E-state index contributed by atoms with van der Waals surface area (Å²) in [5, 5.41) is 3.21. The second-order valence-electron chi connectivity index (χ2n) is 3.37. The third-order valence-corrected chi connectivity index (χ3v) is 1.98. The molecule has 2 heterocycles. The second-order valence-corrected chi connectivity index (χ2v) is 3.37. The number of hydrogen-bond donors (Lipinski definition) is 1. The van der Waals surface area contributed by atoms with E-state index in [4.69, 9.17) is 9.47 Å². The van der Waals surface area contributed by atoms with Crippen molar-refractivity contribution in [3.05, 3.63) is 0 Å². The summed E-state index contributed by atoms with van der Waals surface area (Å²) in [5.41, 5.74) is 0. The average Bonchev–Trinajstić information content (AvgIpc) is 2.20. The number of fused-ring (bicyclic) bond motifs is 1. The Morgan fingerprint density at radius 2 is 1.70 bits per heavy atom. The lowest BCUT2D eigenvalue weighted by Crippen LogP contribution is -2.26. The van der Waals surface area contributed by atoms with Crippen molar-refractivity contribution < 1.29 is 9.47 Å². The monoisotopic (exact) mass is 143 g/mol. The maximum Gasteiger partial charge on any atom is 0.163 e. The lowest BCUT2D eigenvalue weighted by molar-refractivity contribution is -0.149. The highest BCUT2D eigenvalue weighted by atomic mass is 16.8. The van der Waals surface area contributed by atoms with Gasteiger partial charge in [0.25, 0.3) is 0 Å². The molecule has 3 nitrogen and oxygen atoms in total. The van der Waals surface area contributed by atoms with Crippen molar-refractivity contribution in [1.29, 1.82) is 0 Å². The van der Waals surface area contributed by atoms with Crippen LogP contribution < -0.4 is 5.32 Å². The molecule has 3 heteroatoms. The fourth-order valence-corrected chi connectivity index (χ4v) is 1.62. The van der Waals surface area contributed by atoms with Crippen molar-refractivity contribution in [3.8, 4) is 0 Å². The number of ether oxygens (including phenoxy) is 2. The van der Waals surface area contributed by atoms with Crippen LogP contribution in [0.5, 0.6) is 0 Å². The molecule has 0 unspecified atom stereocenters. The van der Waals surface area contributed by atoms with Gasteiger partial charge in [0.1, 0.15) is 12.2 Å². The number of hydrogen-bond acceptors (Lipinski definition) is 3. The fraction of sp³-hybridized carbons (Fsp3) is 1.00. The molecule has 0 bridgehead atoms. The first-order chi connectivity index (χ1) is 4.67. The highest BCUT2D eigenvalue weighted by molar-refractivity contribution is 4.89. The van der Waals surface area contributed by atoms with E-state index in [1.54, 1.807) is 0 Å². The summed E-state index contributed by atoms with van der Waals surface area (Å²) in [6, 6.07) is 0. The molecule has 2 saturated heterocycles. The molecule has 2 fully saturated rings.